The van der Waals surface area contributed by atoms with E-state index in [0.29, 0.717) is 16.7 Å². The Morgan fingerprint density at radius 1 is 1.33 bits per heavy atom. The Balaban J connectivity index is 2.29. The first-order valence-corrected chi connectivity index (χ1v) is 6.80. The van der Waals surface area contributed by atoms with Gasteiger partial charge < -0.3 is 10.1 Å². The fourth-order valence-corrected chi connectivity index (χ4v) is 2.25. The van der Waals surface area contributed by atoms with Crippen LogP contribution in [0.5, 0.6) is 5.75 Å². The van der Waals surface area contributed by atoms with E-state index < -0.39 is 0 Å². The Morgan fingerprint density at radius 2 is 2.11 bits per heavy atom. The van der Waals surface area contributed by atoms with Crippen molar-refractivity contribution in [3.05, 3.63) is 40.4 Å². The molecule has 0 atom stereocenters. The van der Waals surface area contributed by atoms with E-state index in [1.165, 1.54) is 0 Å². The van der Waals surface area contributed by atoms with Gasteiger partial charge in [0.1, 0.15) is 5.75 Å². The summed E-state index contributed by atoms with van der Waals surface area (Å²) in [6.45, 7) is 8.08. The summed E-state index contributed by atoms with van der Waals surface area (Å²) in [5.41, 5.74) is 0.970. The molecule has 0 bridgehead atoms. The van der Waals surface area contributed by atoms with Gasteiger partial charge in [-0.3, -0.25) is 0 Å². The minimum absolute atomic E-state index is 0.574. The summed E-state index contributed by atoms with van der Waals surface area (Å²) in [4.78, 5) is 0. The summed E-state index contributed by atoms with van der Waals surface area (Å²) in [5, 5.41) is 4.46. The summed E-state index contributed by atoms with van der Waals surface area (Å²) >= 11 is 12.0. The predicted molar refractivity (Wildman–Crippen MR) is 79.0 cm³/mol. The predicted octanol–water partition coefficient (Wildman–Crippen LogP) is 4.24. The molecule has 1 aromatic rings. The van der Waals surface area contributed by atoms with Crippen LogP contribution in [-0.2, 0) is 0 Å². The van der Waals surface area contributed by atoms with Gasteiger partial charge in [0.15, 0.2) is 0 Å². The molecule has 0 fully saturated rings. The minimum atomic E-state index is 0.574. The minimum Gasteiger partial charge on any atom is -0.492 e. The monoisotopic (exact) mass is 287 g/mol. The molecule has 1 aromatic carbocycles. The smallest absolute Gasteiger partial charge is 0.140 e. The molecule has 0 aliphatic carbocycles. The third-order valence-electron chi connectivity index (χ3n) is 2.48. The Bertz CT molecular complexity index is 370. The maximum Gasteiger partial charge on any atom is 0.140 e. The fourth-order valence-electron chi connectivity index (χ4n) is 1.60. The number of unbranched alkanes of at least 4 members (excludes halogenated alkanes) is 1. The van der Waals surface area contributed by atoms with Gasteiger partial charge in [-0.05, 0) is 44.0 Å². The van der Waals surface area contributed by atoms with Gasteiger partial charge in [0.2, 0.25) is 0 Å². The van der Waals surface area contributed by atoms with E-state index >= 15 is 0 Å². The standard InChI is InChI=1S/C14H19Cl2NO/c1-3-6-17-7-4-5-8-18-14-11(2)9-12(15)10-13(14)16/h3,9-10,17H,1,4-8H2,2H3. The molecule has 0 aliphatic heterocycles. The normalized spacial score (nSPS) is 10.4. The van der Waals surface area contributed by atoms with E-state index in [1.54, 1.807) is 6.07 Å². The van der Waals surface area contributed by atoms with Crippen molar-refractivity contribution in [2.75, 3.05) is 19.7 Å². The molecule has 0 radical (unpaired) electrons. The van der Waals surface area contributed by atoms with Gasteiger partial charge in [-0.25, -0.2) is 0 Å². The van der Waals surface area contributed by atoms with E-state index in [1.807, 2.05) is 19.1 Å². The Labute approximate surface area is 119 Å². The highest BCUT2D eigenvalue weighted by Gasteiger charge is 2.06. The van der Waals surface area contributed by atoms with E-state index in [2.05, 4.69) is 11.9 Å². The Kier molecular flexibility index (Phi) is 7.18. The van der Waals surface area contributed by atoms with Crippen molar-refractivity contribution in [1.82, 2.24) is 5.32 Å². The summed E-state index contributed by atoms with van der Waals surface area (Å²) in [7, 11) is 0. The summed E-state index contributed by atoms with van der Waals surface area (Å²) in [6, 6.07) is 3.56. The quantitative estimate of drug-likeness (QED) is 0.570. The lowest BCUT2D eigenvalue weighted by molar-refractivity contribution is 0.304. The van der Waals surface area contributed by atoms with E-state index in [0.717, 1.165) is 37.2 Å². The number of hydrogen-bond donors (Lipinski definition) is 1. The average Bonchev–Trinajstić information content (AvgIpc) is 2.30. The van der Waals surface area contributed by atoms with Crippen LogP contribution in [0.1, 0.15) is 18.4 Å². The molecule has 1 rings (SSSR count). The number of benzene rings is 1. The molecule has 4 heteroatoms. The molecule has 2 nitrogen and oxygen atoms in total. The van der Waals surface area contributed by atoms with Crippen LogP contribution in [0.15, 0.2) is 24.8 Å². The topological polar surface area (TPSA) is 21.3 Å². The van der Waals surface area contributed by atoms with Crippen molar-refractivity contribution in [2.24, 2.45) is 0 Å². The lowest BCUT2D eigenvalue weighted by Crippen LogP contribution is -2.15. The van der Waals surface area contributed by atoms with Crippen LogP contribution in [-0.4, -0.2) is 19.7 Å². The van der Waals surface area contributed by atoms with Crippen molar-refractivity contribution in [3.63, 3.8) is 0 Å². The molecule has 0 unspecified atom stereocenters. The van der Waals surface area contributed by atoms with Gasteiger partial charge in [0.05, 0.1) is 11.6 Å². The van der Waals surface area contributed by atoms with E-state index in [-0.39, 0.29) is 0 Å². The first kappa shape index (κ1) is 15.4. The average molecular weight is 288 g/mol. The maximum atomic E-state index is 6.08. The van der Waals surface area contributed by atoms with Gasteiger partial charge in [-0.15, -0.1) is 6.58 Å². The van der Waals surface area contributed by atoms with Crippen molar-refractivity contribution >= 4 is 23.2 Å². The maximum absolute atomic E-state index is 6.08. The Morgan fingerprint density at radius 3 is 2.78 bits per heavy atom. The van der Waals surface area contributed by atoms with Crippen molar-refractivity contribution in [1.29, 1.82) is 0 Å². The zero-order chi connectivity index (χ0) is 13.4. The molecule has 0 amide bonds. The van der Waals surface area contributed by atoms with Crippen LogP contribution in [0.25, 0.3) is 0 Å². The SMILES string of the molecule is C=CCNCCCCOc1c(C)cc(Cl)cc1Cl. The van der Waals surface area contributed by atoms with Crippen LogP contribution in [0, 0.1) is 6.92 Å². The lowest BCUT2D eigenvalue weighted by atomic mass is 10.2. The van der Waals surface area contributed by atoms with Crippen molar-refractivity contribution < 1.29 is 4.74 Å². The zero-order valence-corrected chi connectivity index (χ0v) is 12.2. The molecule has 0 spiro atoms. The van der Waals surface area contributed by atoms with Crippen LogP contribution in [0.3, 0.4) is 0 Å². The second-order valence-corrected chi connectivity index (χ2v) is 4.93. The highest BCUT2D eigenvalue weighted by molar-refractivity contribution is 6.35. The molecule has 0 heterocycles. The number of nitrogens with one attached hydrogen (secondary N) is 1. The van der Waals surface area contributed by atoms with Crippen LogP contribution >= 0.6 is 23.2 Å². The third-order valence-corrected chi connectivity index (χ3v) is 2.98. The number of hydrogen-bond acceptors (Lipinski definition) is 2. The Hall–Kier alpha value is -0.700. The van der Waals surface area contributed by atoms with Crippen LogP contribution < -0.4 is 10.1 Å². The third kappa shape index (κ3) is 5.30. The van der Waals surface area contributed by atoms with Gasteiger partial charge in [0.25, 0.3) is 0 Å². The molecule has 0 saturated carbocycles. The molecular weight excluding hydrogens is 269 g/mol. The summed E-state index contributed by atoms with van der Waals surface area (Å²) in [5.74, 6) is 0.736. The molecule has 18 heavy (non-hydrogen) atoms. The molecule has 0 aromatic heterocycles. The highest BCUT2D eigenvalue weighted by Crippen LogP contribution is 2.31. The van der Waals surface area contributed by atoms with Crippen LogP contribution in [0.2, 0.25) is 10.0 Å². The van der Waals surface area contributed by atoms with Gasteiger partial charge in [-0.2, -0.15) is 0 Å². The molecule has 1 N–H and O–H groups in total. The molecular formula is C14H19Cl2NO. The fraction of sp³-hybridized carbons (Fsp3) is 0.429. The second-order valence-electron chi connectivity index (χ2n) is 4.08. The van der Waals surface area contributed by atoms with Crippen molar-refractivity contribution in [3.8, 4) is 5.75 Å². The number of halogens is 2. The lowest BCUT2D eigenvalue weighted by Gasteiger charge is -2.11. The molecule has 0 aliphatic rings. The summed E-state index contributed by atoms with van der Waals surface area (Å²) < 4.78 is 5.69. The number of ether oxygens (including phenoxy) is 1. The van der Waals surface area contributed by atoms with E-state index in [4.69, 9.17) is 27.9 Å². The largest absolute Gasteiger partial charge is 0.492 e. The molecule has 0 saturated heterocycles. The first-order valence-electron chi connectivity index (χ1n) is 6.05. The highest BCUT2D eigenvalue weighted by atomic mass is 35.5. The van der Waals surface area contributed by atoms with E-state index in [9.17, 15) is 0 Å². The van der Waals surface area contributed by atoms with Crippen molar-refractivity contribution in [2.45, 2.75) is 19.8 Å². The van der Waals surface area contributed by atoms with Gasteiger partial charge >= 0.3 is 0 Å². The zero-order valence-electron chi connectivity index (χ0n) is 10.6. The molecule has 100 valence electrons. The second kappa shape index (κ2) is 8.41. The number of rotatable bonds is 8. The first-order chi connectivity index (χ1) is 8.65. The summed E-state index contributed by atoms with van der Waals surface area (Å²) in [6.07, 6.45) is 3.91. The van der Waals surface area contributed by atoms with Gasteiger partial charge in [-0.1, -0.05) is 29.3 Å². The van der Waals surface area contributed by atoms with Crippen LogP contribution in [0.4, 0.5) is 0 Å². The number of aryl methyl sites for hydroxylation is 1. The van der Waals surface area contributed by atoms with Gasteiger partial charge in [0, 0.05) is 11.6 Å².